The Hall–Kier alpha value is -0.808. The molecule has 0 aliphatic rings. The summed E-state index contributed by atoms with van der Waals surface area (Å²) in [5.74, 6) is 0.727. The van der Waals surface area contributed by atoms with Crippen molar-refractivity contribution in [3.8, 4) is 0 Å². The highest BCUT2D eigenvalue weighted by atomic mass is 28.3. The molecular formula is C18H34BFN2Si. The molecule has 130 valence electrons. The summed E-state index contributed by atoms with van der Waals surface area (Å²) in [5.41, 5.74) is 3.37. The summed E-state index contributed by atoms with van der Waals surface area (Å²) in [5, 5.41) is 3.22. The predicted molar refractivity (Wildman–Crippen MR) is 105 cm³/mol. The van der Waals surface area contributed by atoms with Gasteiger partial charge in [0.05, 0.1) is 0 Å². The zero-order valence-corrected chi connectivity index (χ0v) is 17.4. The summed E-state index contributed by atoms with van der Waals surface area (Å²) < 4.78 is 17.3. The van der Waals surface area contributed by atoms with Crippen LogP contribution in [0.2, 0.25) is 19.6 Å². The van der Waals surface area contributed by atoms with E-state index < -0.39 is 15.5 Å². The smallest absolute Gasteiger partial charge is 0.385 e. The van der Waals surface area contributed by atoms with Gasteiger partial charge in [-0.2, -0.15) is 0 Å². The zero-order valence-electron chi connectivity index (χ0n) is 16.4. The number of rotatable bonds is 7. The SMILES string of the molecule is CC(C)c1cccc(C(C)C)c1NB(F)N(C(C)C)[Si](C)(C)C. The van der Waals surface area contributed by atoms with E-state index in [9.17, 15) is 0 Å². The fraction of sp³-hybridized carbons (Fsp3) is 0.667. The minimum Gasteiger partial charge on any atom is -0.385 e. The number of para-hydroxylation sites is 1. The molecule has 0 aromatic heterocycles. The summed E-state index contributed by atoms with van der Waals surface area (Å²) >= 11 is 0. The molecule has 0 bridgehead atoms. The van der Waals surface area contributed by atoms with Crippen LogP contribution in [0.4, 0.5) is 10.0 Å². The van der Waals surface area contributed by atoms with E-state index in [0.29, 0.717) is 11.8 Å². The highest BCUT2D eigenvalue weighted by molar-refractivity contribution is 6.82. The Morgan fingerprint density at radius 1 is 0.957 bits per heavy atom. The topological polar surface area (TPSA) is 15.3 Å². The third-order valence-corrected chi connectivity index (χ3v) is 6.50. The van der Waals surface area contributed by atoms with E-state index in [0.717, 1.165) is 5.69 Å². The molecule has 1 rings (SSSR count). The van der Waals surface area contributed by atoms with Gasteiger partial charge in [-0.05, 0) is 29.0 Å². The van der Waals surface area contributed by atoms with Gasteiger partial charge in [0.2, 0.25) is 0 Å². The normalized spacial score (nSPS) is 12.6. The summed E-state index contributed by atoms with van der Waals surface area (Å²) in [6.45, 7) is 19.4. The largest absolute Gasteiger partial charge is 0.544 e. The molecular weight excluding hydrogens is 302 g/mol. The molecule has 0 amide bonds. The van der Waals surface area contributed by atoms with Crippen molar-refractivity contribution in [1.29, 1.82) is 0 Å². The summed E-state index contributed by atoms with van der Waals surface area (Å²) in [4.78, 5) is 0. The first-order chi connectivity index (χ1) is 10.5. The molecule has 1 aromatic rings. The number of halogens is 1. The number of nitrogens with one attached hydrogen (secondary N) is 1. The van der Waals surface area contributed by atoms with Crippen molar-refractivity contribution in [2.75, 3.05) is 5.23 Å². The van der Waals surface area contributed by atoms with Crippen molar-refractivity contribution in [2.24, 2.45) is 0 Å². The van der Waals surface area contributed by atoms with Gasteiger partial charge in [-0.15, -0.1) is 0 Å². The molecule has 0 aliphatic heterocycles. The third kappa shape index (κ3) is 5.08. The van der Waals surface area contributed by atoms with Gasteiger partial charge in [-0.25, -0.2) is 0 Å². The molecule has 0 saturated heterocycles. The highest BCUT2D eigenvalue weighted by Crippen LogP contribution is 2.33. The molecule has 0 heterocycles. The number of anilines is 1. The molecule has 5 heteroatoms. The zero-order chi connectivity index (χ0) is 17.9. The molecule has 1 N–H and O–H groups in total. The van der Waals surface area contributed by atoms with Gasteiger partial charge in [0.15, 0.2) is 0 Å². The van der Waals surface area contributed by atoms with E-state index >= 15 is 4.32 Å². The first-order valence-corrected chi connectivity index (χ1v) is 12.2. The van der Waals surface area contributed by atoms with E-state index in [-0.39, 0.29) is 6.04 Å². The Labute approximate surface area is 144 Å². The maximum atomic E-state index is 15.2. The molecule has 0 atom stereocenters. The monoisotopic (exact) mass is 336 g/mol. The van der Waals surface area contributed by atoms with Crippen LogP contribution in [0.25, 0.3) is 0 Å². The van der Waals surface area contributed by atoms with Gasteiger partial charge >= 0.3 is 7.26 Å². The van der Waals surface area contributed by atoms with Crippen molar-refractivity contribution in [3.63, 3.8) is 0 Å². The second kappa shape index (κ2) is 7.84. The standard InChI is InChI=1S/C18H34BFN2Si/c1-13(2)16-11-10-12-17(14(3)4)18(16)21-19(20)22(15(5)6)23(7,8)9/h10-15,21H,1-9H3. The lowest BCUT2D eigenvalue weighted by molar-refractivity contribution is 0.482. The van der Waals surface area contributed by atoms with Gasteiger partial charge in [0, 0.05) is 5.69 Å². The molecule has 0 spiro atoms. The Morgan fingerprint density at radius 2 is 1.39 bits per heavy atom. The highest BCUT2D eigenvalue weighted by Gasteiger charge is 2.38. The van der Waals surface area contributed by atoms with Crippen molar-refractivity contribution < 1.29 is 4.32 Å². The number of hydrogen-bond acceptors (Lipinski definition) is 2. The third-order valence-electron chi connectivity index (χ3n) is 4.21. The van der Waals surface area contributed by atoms with E-state index in [1.54, 1.807) is 0 Å². The van der Waals surface area contributed by atoms with Crippen LogP contribution in [-0.2, 0) is 0 Å². The van der Waals surface area contributed by atoms with E-state index in [1.165, 1.54) is 11.1 Å². The van der Waals surface area contributed by atoms with Crippen LogP contribution in [0.1, 0.15) is 64.5 Å². The number of hydrogen-bond donors (Lipinski definition) is 1. The summed E-state index contributed by atoms with van der Waals surface area (Å²) in [6.07, 6.45) is 0. The average molecular weight is 336 g/mol. The van der Waals surface area contributed by atoms with Crippen LogP contribution in [-0.4, -0.2) is 26.0 Å². The van der Waals surface area contributed by atoms with E-state index in [4.69, 9.17) is 0 Å². The Kier molecular flexibility index (Phi) is 6.90. The predicted octanol–water partition coefficient (Wildman–Crippen LogP) is 5.85. The second-order valence-corrected chi connectivity index (χ2v) is 13.1. The molecule has 23 heavy (non-hydrogen) atoms. The lowest BCUT2D eigenvalue weighted by Gasteiger charge is -2.39. The van der Waals surface area contributed by atoms with Crippen LogP contribution in [0, 0.1) is 0 Å². The van der Waals surface area contributed by atoms with Gasteiger partial charge < -0.3 is 9.70 Å². The maximum Gasteiger partial charge on any atom is 0.544 e. The fourth-order valence-electron chi connectivity index (χ4n) is 3.28. The van der Waals surface area contributed by atoms with Gasteiger partial charge in [0.1, 0.15) is 8.24 Å². The quantitative estimate of drug-likeness (QED) is 0.629. The van der Waals surface area contributed by atoms with Crippen molar-refractivity contribution >= 4 is 21.2 Å². The average Bonchev–Trinajstić information content (AvgIpc) is 2.35. The summed E-state index contributed by atoms with van der Waals surface area (Å²) in [7, 11) is -2.91. The van der Waals surface area contributed by atoms with Crippen LogP contribution in [0.15, 0.2) is 18.2 Å². The lowest BCUT2D eigenvalue weighted by atomic mass is 9.90. The van der Waals surface area contributed by atoms with Crippen LogP contribution in [0.3, 0.4) is 0 Å². The Bertz CT molecular complexity index is 486. The molecule has 1 aromatic carbocycles. The molecule has 0 saturated carbocycles. The first-order valence-electron chi connectivity index (χ1n) is 8.78. The molecule has 0 radical (unpaired) electrons. The molecule has 2 nitrogen and oxygen atoms in total. The van der Waals surface area contributed by atoms with Crippen LogP contribution < -0.4 is 5.23 Å². The van der Waals surface area contributed by atoms with Crippen molar-refractivity contribution in [3.05, 3.63) is 29.3 Å². The van der Waals surface area contributed by atoms with Crippen LogP contribution >= 0.6 is 0 Å². The summed E-state index contributed by atoms with van der Waals surface area (Å²) in [6, 6.07) is 6.49. The van der Waals surface area contributed by atoms with E-state index in [2.05, 4.69) is 84.6 Å². The Balaban J connectivity index is 3.25. The minimum absolute atomic E-state index is 0.179. The lowest BCUT2D eigenvalue weighted by Crippen LogP contribution is -2.59. The molecule has 0 aliphatic carbocycles. The van der Waals surface area contributed by atoms with Crippen molar-refractivity contribution in [1.82, 2.24) is 4.48 Å². The molecule has 0 unspecified atom stereocenters. The molecule has 0 fully saturated rings. The first kappa shape index (κ1) is 20.2. The Morgan fingerprint density at radius 3 is 1.70 bits per heavy atom. The van der Waals surface area contributed by atoms with E-state index in [1.807, 2.05) is 4.48 Å². The second-order valence-electron chi connectivity index (χ2n) is 8.27. The van der Waals surface area contributed by atoms with Gasteiger partial charge in [-0.3, -0.25) is 4.32 Å². The minimum atomic E-state index is -1.76. The van der Waals surface area contributed by atoms with Gasteiger partial charge in [0.25, 0.3) is 0 Å². The number of nitrogens with zero attached hydrogens (tertiary/aromatic N) is 1. The maximum absolute atomic E-state index is 15.2. The number of benzene rings is 1. The van der Waals surface area contributed by atoms with Crippen LogP contribution in [0.5, 0.6) is 0 Å². The fourth-order valence-corrected chi connectivity index (χ4v) is 5.58. The van der Waals surface area contributed by atoms with Crippen molar-refractivity contribution in [2.45, 2.75) is 79.1 Å². The van der Waals surface area contributed by atoms with Gasteiger partial charge in [-0.1, -0.05) is 79.4 Å².